The zero-order chi connectivity index (χ0) is 21.7. The maximum absolute atomic E-state index is 14.7. The van der Waals surface area contributed by atoms with E-state index in [0.29, 0.717) is 16.3 Å². The van der Waals surface area contributed by atoms with Crippen molar-refractivity contribution in [2.75, 3.05) is 10.8 Å². The summed E-state index contributed by atoms with van der Waals surface area (Å²) in [5.74, 6) is 0. The first-order valence-corrected chi connectivity index (χ1v) is 10.8. The van der Waals surface area contributed by atoms with Gasteiger partial charge in [0.25, 0.3) is 15.7 Å². The van der Waals surface area contributed by atoms with Gasteiger partial charge in [0.05, 0.1) is 15.5 Å². The number of rotatable bonds is 8. The molecule has 0 radical (unpaired) electrons. The molecule has 0 saturated carbocycles. The fourth-order valence-electron chi connectivity index (χ4n) is 2.92. The van der Waals surface area contributed by atoms with Gasteiger partial charge in [-0.15, -0.1) is 0 Å². The van der Waals surface area contributed by atoms with Crippen molar-refractivity contribution in [2.45, 2.75) is 17.5 Å². The lowest BCUT2D eigenvalue weighted by Gasteiger charge is -2.25. The van der Waals surface area contributed by atoms with Crippen LogP contribution in [-0.4, -0.2) is 19.9 Å². The number of anilines is 1. The van der Waals surface area contributed by atoms with Gasteiger partial charge in [0, 0.05) is 30.1 Å². The number of hydrogen-bond acceptors (Lipinski definition) is 4. The molecule has 0 spiro atoms. The van der Waals surface area contributed by atoms with E-state index in [9.17, 15) is 22.9 Å². The molecule has 0 aliphatic carbocycles. The van der Waals surface area contributed by atoms with Gasteiger partial charge in [-0.25, -0.2) is 12.8 Å². The second-order valence-electron chi connectivity index (χ2n) is 6.47. The van der Waals surface area contributed by atoms with Crippen molar-refractivity contribution in [3.8, 4) is 0 Å². The van der Waals surface area contributed by atoms with E-state index in [0.717, 1.165) is 16.4 Å². The van der Waals surface area contributed by atoms with Crippen LogP contribution in [0.25, 0.3) is 0 Å². The maximum atomic E-state index is 14.7. The van der Waals surface area contributed by atoms with Gasteiger partial charge in [-0.05, 0) is 42.0 Å². The summed E-state index contributed by atoms with van der Waals surface area (Å²) in [7, 11) is -4.06. The largest absolute Gasteiger partial charge is 0.269 e. The molecule has 0 fully saturated rings. The molecular formula is C21H18ClFN2O4S. The second-order valence-corrected chi connectivity index (χ2v) is 8.77. The Hall–Kier alpha value is -2.97. The topological polar surface area (TPSA) is 80.5 Å². The van der Waals surface area contributed by atoms with Gasteiger partial charge < -0.3 is 0 Å². The van der Waals surface area contributed by atoms with Crippen LogP contribution >= 0.6 is 11.6 Å². The minimum Gasteiger partial charge on any atom is -0.266 e. The van der Waals surface area contributed by atoms with Crippen LogP contribution in [0.3, 0.4) is 0 Å². The molecule has 1 atom stereocenters. The number of hydrogen-bond donors (Lipinski definition) is 0. The van der Waals surface area contributed by atoms with E-state index in [1.54, 1.807) is 54.6 Å². The van der Waals surface area contributed by atoms with Crippen molar-refractivity contribution >= 4 is 33.0 Å². The first-order valence-electron chi connectivity index (χ1n) is 9.01. The number of benzene rings is 3. The molecular weight excluding hydrogens is 431 g/mol. The minimum absolute atomic E-state index is 0.0806. The lowest BCUT2D eigenvalue weighted by molar-refractivity contribution is -0.384. The van der Waals surface area contributed by atoms with Crippen molar-refractivity contribution < 1.29 is 17.7 Å². The zero-order valence-electron chi connectivity index (χ0n) is 15.7. The number of alkyl halides is 1. The quantitative estimate of drug-likeness (QED) is 0.334. The van der Waals surface area contributed by atoms with E-state index >= 15 is 0 Å². The number of para-hydroxylation sites is 1. The molecule has 0 aliphatic rings. The monoisotopic (exact) mass is 448 g/mol. The average Bonchev–Trinajstić information content (AvgIpc) is 2.75. The van der Waals surface area contributed by atoms with Gasteiger partial charge in [0.15, 0.2) is 0 Å². The molecule has 9 heteroatoms. The molecule has 0 aromatic heterocycles. The smallest absolute Gasteiger partial charge is 0.266 e. The Morgan fingerprint density at radius 3 is 2.13 bits per heavy atom. The van der Waals surface area contributed by atoms with Crippen LogP contribution in [0.15, 0.2) is 83.8 Å². The van der Waals surface area contributed by atoms with E-state index in [4.69, 9.17) is 11.6 Å². The molecule has 30 heavy (non-hydrogen) atoms. The fourth-order valence-corrected chi connectivity index (χ4v) is 4.52. The number of non-ortho nitro benzene ring substituents is 1. The van der Waals surface area contributed by atoms with E-state index in [-0.39, 0.29) is 23.5 Å². The standard InChI is InChI=1S/C21H18ClFN2O4S/c22-17-8-6-16(7-9-17)21(23)14-15-24(18-4-2-1-3-5-18)30(28,29)20-12-10-19(11-13-20)25(26)27/h1-13,21H,14-15H2. The first kappa shape index (κ1) is 21.7. The molecule has 0 N–H and O–H groups in total. The Kier molecular flexibility index (Phi) is 6.69. The Morgan fingerprint density at radius 1 is 0.967 bits per heavy atom. The van der Waals surface area contributed by atoms with Gasteiger partial charge in [-0.1, -0.05) is 41.9 Å². The predicted octanol–water partition coefficient (Wildman–Crippen LogP) is 5.54. The van der Waals surface area contributed by atoms with Gasteiger partial charge in [0.2, 0.25) is 0 Å². The number of nitrogens with zero attached hydrogens (tertiary/aromatic N) is 2. The fraction of sp³-hybridized carbons (Fsp3) is 0.143. The van der Waals surface area contributed by atoms with E-state index < -0.39 is 21.1 Å². The molecule has 0 saturated heterocycles. The highest BCUT2D eigenvalue weighted by Crippen LogP contribution is 2.29. The van der Waals surface area contributed by atoms with Crippen LogP contribution < -0.4 is 4.31 Å². The molecule has 1 unspecified atom stereocenters. The normalized spacial score (nSPS) is 12.3. The summed E-state index contributed by atoms with van der Waals surface area (Å²) in [5, 5.41) is 11.3. The van der Waals surface area contributed by atoms with Crippen LogP contribution in [0.4, 0.5) is 15.8 Å². The lowest BCUT2D eigenvalue weighted by Crippen LogP contribution is -2.32. The Balaban J connectivity index is 1.88. The summed E-state index contributed by atoms with van der Waals surface area (Å²) >= 11 is 5.83. The van der Waals surface area contributed by atoms with E-state index in [2.05, 4.69) is 0 Å². The van der Waals surface area contributed by atoms with Crippen molar-refractivity contribution in [3.63, 3.8) is 0 Å². The molecule has 3 aromatic carbocycles. The molecule has 6 nitrogen and oxygen atoms in total. The molecule has 0 amide bonds. The molecule has 0 aliphatic heterocycles. The van der Waals surface area contributed by atoms with Gasteiger partial charge in [-0.2, -0.15) is 0 Å². The van der Waals surface area contributed by atoms with Crippen LogP contribution in [0.1, 0.15) is 18.2 Å². The minimum atomic E-state index is -4.06. The third-order valence-corrected chi connectivity index (χ3v) is 6.59. The summed E-state index contributed by atoms with van der Waals surface area (Å²) in [6.45, 7) is -0.118. The van der Waals surface area contributed by atoms with Crippen LogP contribution in [0.2, 0.25) is 5.02 Å². The van der Waals surface area contributed by atoms with Crippen LogP contribution in [0.5, 0.6) is 0 Å². The third kappa shape index (κ3) is 4.95. The van der Waals surface area contributed by atoms with Crippen LogP contribution in [0, 0.1) is 10.1 Å². The van der Waals surface area contributed by atoms with Gasteiger partial charge >= 0.3 is 0 Å². The highest BCUT2D eigenvalue weighted by atomic mass is 35.5. The average molecular weight is 449 g/mol. The number of nitro groups is 1. The lowest BCUT2D eigenvalue weighted by atomic mass is 10.1. The highest BCUT2D eigenvalue weighted by molar-refractivity contribution is 7.92. The summed E-state index contributed by atoms with van der Waals surface area (Å²) in [6, 6.07) is 19.2. The molecule has 0 heterocycles. The SMILES string of the molecule is O=[N+]([O-])c1ccc(S(=O)(=O)N(CCC(F)c2ccc(Cl)cc2)c2ccccc2)cc1. The predicted molar refractivity (Wildman–Crippen MR) is 114 cm³/mol. The summed E-state index contributed by atoms with van der Waals surface area (Å²) in [4.78, 5) is 10.1. The number of halogens is 2. The molecule has 0 bridgehead atoms. The Labute approximate surface area is 178 Å². The Morgan fingerprint density at radius 2 is 1.57 bits per heavy atom. The summed E-state index contributed by atoms with van der Waals surface area (Å²) in [6.07, 6.45) is -1.47. The first-order chi connectivity index (χ1) is 14.3. The second kappa shape index (κ2) is 9.23. The summed E-state index contributed by atoms with van der Waals surface area (Å²) < 4.78 is 42.3. The van der Waals surface area contributed by atoms with E-state index in [1.807, 2.05) is 0 Å². The van der Waals surface area contributed by atoms with Crippen molar-refractivity contribution in [3.05, 3.63) is 99.6 Å². The zero-order valence-corrected chi connectivity index (χ0v) is 17.3. The van der Waals surface area contributed by atoms with Crippen molar-refractivity contribution in [2.24, 2.45) is 0 Å². The molecule has 3 aromatic rings. The number of sulfonamides is 1. The van der Waals surface area contributed by atoms with Gasteiger partial charge in [0.1, 0.15) is 6.17 Å². The number of nitro benzene ring substituents is 1. The van der Waals surface area contributed by atoms with Crippen molar-refractivity contribution in [1.82, 2.24) is 0 Å². The highest BCUT2D eigenvalue weighted by Gasteiger charge is 2.26. The van der Waals surface area contributed by atoms with Crippen molar-refractivity contribution in [1.29, 1.82) is 0 Å². The maximum Gasteiger partial charge on any atom is 0.269 e. The van der Waals surface area contributed by atoms with Gasteiger partial charge in [-0.3, -0.25) is 14.4 Å². The third-order valence-electron chi connectivity index (χ3n) is 4.50. The Bertz CT molecular complexity index is 1110. The summed E-state index contributed by atoms with van der Waals surface area (Å²) in [5.41, 5.74) is 0.561. The molecule has 3 rings (SSSR count). The van der Waals surface area contributed by atoms with E-state index in [1.165, 1.54) is 12.1 Å². The van der Waals surface area contributed by atoms with Crippen LogP contribution in [-0.2, 0) is 10.0 Å². The molecule has 156 valence electrons.